The lowest BCUT2D eigenvalue weighted by Gasteiger charge is -2.10. The lowest BCUT2D eigenvalue weighted by Crippen LogP contribution is -2.02. The molecule has 0 spiro atoms. The minimum Gasteiger partial charge on any atom is -0.252 e. The van der Waals surface area contributed by atoms with Crippen molar-refractivity contribution >= 4 is 16.3 Å². The van der Waals surface area contributed by atoms with E-state index in [2.05, 4.69) is 49.6 Å². The van der Waals surface area contributed by atoms with Crippen molar-refractivity contribution in [2.75, 3.05) is 0 Å². The van der Waals surface area contributed by atoms with Crippen molar-refractivity contribution in [2.24, 2.45) is 0 Å². The van der Waals surface area contributed by atoms with Gasteiger partial charge in [0.25, 0.3) is 0 Å². The Bertz CT molecular complexity index is 1570. The summed E-state index contributed by atoms with van der Waals surface area (Å²) in [6.45, 7) is 9.74. The Hall–Kier alpha value is -4.70. The second-order valence-electron chi connectivity index (χ2n) is 8.14. The number of hydrogen-bond donors (Lipinski definition) is 0. The Morgan fingerprint density at radius 2 is 1.31 bits per heavy atom. The molecule has 0 aliphatic rings. The first-order valence-electron chi connectivity index (χ1n) is 11.4. The number of nitrogens with zero attached hydrogens (tertiary/aromatic N) is 4. The normalized spacial score (nSPS) is 11.4. The zero-order valence-electron chi connectivity index (χ0n) is 19.5. The highest BCUT2D eigenvalue weighted by molar-refractivity contribution is 5.95. The maximum absolute atomic E-state index is 4.83. The number of pyridine rings is 1. The molecule has 5 rings (SSSR count). The number of aryl methyl sites for hydroxylation is 1. The molecule has 0 saturated heterocycles. The highest BCUT2D eigenvalue weighted by Crippen LogP contribution is 2.30. The number of allylic oxidation sites excluding steroid dienone is 4. The van der Waals surface area contributed by atoms with Crippen LogP contribution < -0.4 is 0 Å². The highest BCUT2D eigenvalue weighted by atomic mass is 15.0. The molecule has 0 radical (unpaired) electrons. The van der Waals surface area contributed by atoms with E-state index in [-0.39, 0.29) is 0 Å². The molecule has 4 heteroatoms. The highest BCUT2D eigenvalue weighted by Gasteiger charge is 2.13. The Kier molecular flexibility index (Phi) is 6.10. The average molecular weight is 453 g/mol. The van der Waals surface area contributed by atoms with E-state index in [1.165, 1.54) is 5.39 Å². The minimum absolute atomic E-state index is 0.555. The van der Waals surface area contributed by atoms with Crippen molar-refractivity contribution < 1.29 is 0 Å². The van der Waals surface area contributed by atoms with Gasteiger partial charge in [0.05, 0.1) is 5.69 Å². The van der Waals surface area contributed by atoms with Crippen molar-refractivity contribution in [2.45, 2.75) is 6.92 Å². The summed E-state index contributed by atoms with van der Waals surface area (Å²) >= 11 is 0. The summed E-state index contributed by atoms with van der Waals surface area (Å²) in [7, 11) is 0. The largest absolute Gasteiger partial charge is 0.252 e. The molecule has 5 aromatic rings. The van der Waals surface area contributed by atoms with Crippen LogP contribution in [0.15, 0.2) is 116 Å². The fraction of sp³-hybridized carbons (Fsp3) is 0.0323. The molecular formula is C31H24N4. The number of aromatic nitrogens is 4. The van der Waals surface area contributed by atoms with Gasteiger partial charge in [-0.25, -0.2) is 15.0 Å². The fourth-order valence-corrected chi connectivity index (χ4v) is 4.04. The van der Waals surface area contributed by atoms with Gasteiger partial charge in [-0.1, -0.05) is 110 Å². The first kappa shape index (κ1) is 22.1. The molecule has 0 N–H and O–H groups in total. The Morgan fingerprint density at radius 3 is 2.00 bits per heavy atom. The first-order valence-corrected chi connectivity index (χ1v) is 11.4. The van der Waals surface area contributed by atoms with E-state index in [1.54, 1.807) is 12.2 Å². The lowest BCUT2D eigenvalue weighted by molar-refractivity contribution is 1.04. The van der Waals surface area contributed by atoms with Crippen molar-refractivity contribution in [3.8, 4) is 34.0 Å². The maximum Gasteiger partial charge on any atom is 0.164 e. The van der Waals surface area contributed by atoms with Crippen LogP contribution in [0.3, 0.4) is 0 Å². The standard InChI is InChI=1S/C31H24N4/c1-4-11-22(5-2)29-33-30(24-12-7-6-8-13-24)35-31(34-29)25-18-16-23(17-19-25)28-27-15-10-9-14-26(27)20-21(3)32-28/h4-20H,1-2H2,3H3/b22-11+. The van der Waals surface area contributed by atoms with E-state index in [9.17, 15) is 0 Å². The van der Waals surface area contributed by atoms with Crippen LogP contribution >= 0.6 is 0 Å². The van der Waals surface area contributed by atoms with Crippen LogP contribution in [0.25, 0.3) is 50.4 Å². The van der Waals surface area contributed by atoms with Gasteiger partial charge in [0.2, 0.25) is 0 Å². The first-order chi connectivity index (χ1) is 17.2. The predicted octanol–water partition coefficient (Wildman–Crippen LogP) is 7.48. The zero-order valence-corrected chi connectivity index (χ0v) is 19.5. The van der Waals surface area contributed by atoms with E-state index in [4.69, 9.17) is 19.9 Å². The van der Waals surface area contributed by atoms with Crippen molar-refractivity contribution in [1.29, 1.82) is 0 Å². The summed E-state index contributed by atoms with van der Waals surface area (Å²) in [6.07, 6.45) is 5.28. The minimum atomic E-state index is 0.555. The topological polar surface area (TPSA) is 51.6 Å². The third kappa shape index (κ3) is 4.55. The quantitative estimate of drug-likeness (QED) is 0.251. The van der Waals surface area contributed by atoms with Crippen LogP contribution in [-0.2, 0) is 0 Å². The molecule has 4 nitrogen and oxygen atoms in total. The molecule has 35 heavy (non-hydrogen) atoms. The SMILES string of the molecule is C=C/C=C(\C=C)c1nc(-c2ccccc2)nc(-c2ccc(-c3nc(C)cc4ccccc34)cc2)n1. The molecule has 0 aliphatic carbocycles. The summed E-state index contributed by atoms with van der Waals surface area (Å²) in [5.74, 6) is 1.76. The lowest BCUT2D eigenvalue weighted by atomic mass is 10.0. The third-order valence-electron chi connectivity index (χ3n) is 5.73. The second-order valence-corrected chi connectivity index (χ2v) is 8.14. The predicted molar refractivity (Wildman–Crippen MR) is 145 cm³/mol. The van der Waals surface area contributed by atoms with Crippen molar-refractivity contribution in [3.05, 3.63) is 128 Å². The van der Waals surface area contributed by atoms with Gasteiger partial charge in [0, 0.05) is 33.3 Å². The molecule has 0 amide bonds. The Morgan fingerprint density at radius 1 is 0.686 bits per heavy atom. The van der Waals surface area contributed by atoms with Crippen LogP contribution in [-0.4, -0.2) is 19.9 Å². The van der Waals surface area contributed by atoms with E-state index in [1.807, 2.05) is 61.5 Å². The van der Waals surface area contributed by atoms with Gasteiger partial charge in [-0.05, 0) is 18.4 Å². The molecule has 3 aromatic carbocycles. The summed E-state index contributed by atoms with van der Waals surface area (Å²) in [5.41, 5.74) is 5.61. The van der Waals surface area contributed by atoms with E-state index < -0.39 is 0 Å². The van der Waals surface area contributed by atoms with Gasteiger partial charge < -0.3 is 0 Å². The number of rotatable bonds is 6. The average Bonchev–Trinajstić information content (AvgIpc) is 2.91. The monoisotopic (exact) mass is 452 g/mol. The summed E-state index contributed by atoms with van der Waals surface area (Å²) in [6, 6.07) is 28.5. The Balaban J connectivity index is 1.62. The van der Waals surface area contributed by atoms with Gasteiger partial charge in [-0.3, -0.25) is 4.98 Å². The molecule has 0 bridgehead atoms. The molecule has 0 atom stereocenters. The molecule has 0 unspecified atom stereocenters. The summed E-state index contributed by atoms with van der Waals surface area (Å²) in [4.78, 5) is 19.1. The van der Waals surface area contributed by atoms with Crippen molar-refractivity contribution in [3.63, 3.8) is 0 Å². The second kappa shape index (κ2) is 9.65. The maximum atomic E-state index is 4.83. The summed E-state index contributed by atoms with van der Waals surface area (Å²) in [5, 5.41) is 2.31. The molecule has 0 aliphatic heterocycles. The Labute approximate surface area is 205 Å². The van der Waals surface area contributed by atoms with Gasteiger partial charge in [-0.15, -0.1) is 0 Å². The number of hydrogen-bond acceptors (Lipinski definition) is 4. The van der Waals surface area contributed by atoms with Gasteiger partial charge in [0.15, 0.2) is 17.5 Å². The number of fused-ring (bicyclic) bond motifs is 1. The molecule has 0 saturated carbocycles. The molecule has 168 valence electrons. The third-order valence-corrected chi connectivity index (χ3v) is 5.73. The van der Waals surface area contributed by atoms with Crippen LogP contribution in [0.5, 0.6) is 0 Å². The van der Waals surface area contributed by atoms with Gasteiger partial charge >= 0.3 is 0 Å². The zero-order chi connectivity index (χ0) is 24.2. The fourth-order valence-electron chi connectivity index (χ4n) is 4.04. The molecule has 2 aromatic heterocycles. The van der Waals surface area contributed by atoms with E-state index in [0.29, 0.717) is 17.5 Å². The van der Waals surface area contributed by atoms with E-state index in [0.717, 1.165) is 39.0 Å². The van der Waals surface area contributed by atoms with Crippen LogP contribution in [0, 0.1) is 6.92 Å². The summed E-state index contributed by atoms with van der Waals surface area (Å²) < 4.78 is 0. The van der Waals surface area contributed by atoms with Crippen molar-refractivity contribution in [1.82, 2.24) is 19.9 Å². The number of benzene rings is 3. The van der Waals surface area contributed by atoms with E-state index >= 15 is 0 Å². The smallest absolute Gasteiger partial charge is 0.164 e. The molecular weight excluding hydrogens is 428 g/mol. The van der Waals surface area contributed by atoms with Gasteiger partial charge in [0.1, 0.15) is 0 Å². The van der Waals surface area contributed by atoms with Crippen LogP contribution in [0.1, 0.15) is 11.5 Å². The molecule has 2 heterocycles. The van der Waals surface area contributed by atoms with Crippen LogP contribution in [0.4, 0.5) is 0 Å². The van der Waals surface area contributed by atoms with Crippen LogP contribution in [0.2, 0.25) is 0 Å². The van der Waals surface area contributed by atoms with Gasteiger partial charge in [-0.2, -0.15) is 0 Å². The molecule has 0 fully saturated rings.